The van der Waals surface area contributed by atoms with Crippen molar-refractivity contribution in [3.05, 3.63) is 23.6 Å². The zero-order chi connectivity index (χ0) is 13.9. The number of rotatable bonds is 5. The van der Waals surface area contributed by atoms with E-state index >= 15 is 0 Å². The number of hydrogen-bond acceptors (Lipinski definition) is 4. The predicted molar refractivity (Wildman–Crippen MR) is 76.2 cm³/mol. The minimum Gasteiger partial charge on any atom is -0.371 e. The van der Waals surface area contributed by atoms with Crippen LogP contribution in [0.1, 0.15) is 29.6 Å². The molecule has 0 radical (unpaired) electrons. The number of anilines is 1. The standard InChI is InChI=1S/C13H18FN3OS/c1-15-11-10(14)9(4-7-16-11)12(18)17-8-13(19-2)5-3-6-13/h4,7H,3,5-6,8H2,1-2H3,(H,15,16)(H,17,18). The van der Waals surface area contributed by atoms with Gasteiger partial charge in [0.1, 0.15) is 0 Å². The van der Waals surface area contributed by atoms with Crippen LogP contribution in [0.3, 0.4) is 0 Å². The van der Waals surface area contributed by atoms with Gasteiger partial charge in [0.25, 0.3) is 5.91 Å². The largest absolute Gasteiger partial charge is 0.371 e. The van der Waals surface area contributed by atoms with E-state index < -0.39 is 5.82 Å². The van der Waals surface area contributed by atoms with Crippen molar-refractivity contribution in [3.63, 3.8) is 0 Å². The summed E-state index contributed by atoms with van der Waals surface area (Å²) in [5, 5.41) is 5.46. The second-order valence-corrected chi connectivity index (χ2v) is 5.97. The Hall–Kier alpha value is -1.30. The molecule has 0 unspecified atom stereocenters. The number of hydrogen-bond donors (Lipinski definition) is 2. The molecule has 1 aliphatic carbocycles. The summed E-state index contributed by atoms with van der Waals surface area (Å²) >= 11 is 1.77. The summed E-state index contributed by atoms with van der Waals surface area (Å²) in [5.41, 5.74) is 0.0370. The Morgan fingerprint density at radius 3 is 2.84 bits per heavy atom. The van der Waals surface area contributed by atoms with Crippen LogP contribution in [0.5, 0.6) is 0 Å². The quantitative estimate of drug-likeness (QED) is 0.870. The molecular weight excluding hydrogens is 265 g/mol. The summed E-state index contributed by atoms with van der Waals surface area (Å²) in [4.78, 5) is 15.8. The van der Waals surface area contributed by atoms with E-state index in [1.165, 1.54) is 18.7 Å². The Balaban J connectivity index is 2.04. The maximum atomic E-state index is 13.9. The lowest BCUT2D eigenvalue weighted by Crippen LogP contribution is -2.45. The second-order valence-electron chi connectivity index (χ2n) is 4.69. The monoisotopic (exact) mass is 283 g/mol. The van der Waals surface area contributed by atoms with Crippen molar-refractivity contribution < 1.29 is 9.18 Å². The number of nitrogens with zero attached hydrogens (tertiary/aromatic N) is 1. The average Bonchev–Trinajstić information content (AvgIpc) is 2.38. The lowest BCUT2D eigenvalue weighted by molar-refractivity contribution is 0.0940. The summed E-state index contributed by atoms with van der Waals surface area (Å²) in [6.07, 6.45) is 6.89. The molecule has 4 nitrogen and oxygen atoms in total. The van der Waals surface area contributed by atoms with E-state index in [4.69, 9.17) is 0 Å². The third-order valence-corrected chi connectivity index (χ3v) is 5.06. The minimum atomic E-state index is -0.602. The molecule has 1 aromatic rings. The summed E-state index contributed by atoms with van der Waals surface area (Å²) < 4.78 is 14.1. The number of carbonyl (C=O) groups is 1. The van der Waals surface area contributed by atoms with Crippen LogP contribution in [-0.4, -0.2) is 35.5 Å². The molecule has 2 N–H and O–H groups in total. The van der Waals surface area contributed by atoms with Gasteiger partial charge in [-0.1, -0.05) is 6.42 Å². The first-order chi connectivity index (χ1) is 9.12. The molecule has 1 heterocycles. The van der Waals surface area contributed by atoms with Gasteiger partial charge in [0.15, 0.2) is 11.6 Å². The maximum Gasteiger partial charge on any atom is 0.254 e. The molecule has 1 amide bonds. The lowest BCUT2D eigenvalue weighted by atomic mass is 9.84. The van der Waals surface area contributed by atoms with Crippen LogP contribution in [0.4, 0.5) is 10.2 Å². The van der Waals surface area contributed by atoms with Gasteiger partial charge in [0.05, 0.1) is 5.56 Å². The molecule has 6 heteroatoms. The summed E-state index contributed by atoms with van der Waals surface area (Å²) in [7, 11) is 1.57. The molecular formula is C13H18FN3OS. The molecule has 19 heavy (non-hydrogen) atoms. The molecule has 0 bridgehead atoms. The van der Waals surface area contributed by atoms with Crippen molar-refractivity contribution in [2.45, 2.75) is 24.0 Å². The van der Waals surface area contributed by atoms with Gasteiger partial charge < -0.3 is 10.6 Å². The minimum absolute atomic E-state index is 0.0370. The molecule has 1 aromatic heterocycles. The van der Waals surface area contributed by atoms with Crippen molar-refractivity contribution in [1.82, 2.24) is 10.3 Å². The fourth-order valence-corrected chi connectivity index (χ4v) is 3.07. The second kappa shape index (κ2) is 5.77. The van der Waals surface area contributed by atoms with Crippen LogP contribution in [0, 0.1) is 5.82 Å². The molecule has 1 fully saturated rings. The fraction of sp³-hybridized carbons (Fsp3) is 0.538. The van der Waals surface area contributed by atoms with Crippen molar-refractivity contribution in [2.24, 2.45) is 0 Å². The van der Waals surface area contributed by atoms with Crippen molar-refractivity contribution in [1.29, 1.82) is 0 Å². The summed E-state index contributed by atoms with van der Waals surface area (Å²) in [5.74, 6) is -0.887. The fourth-order valence-electron chi connectivity index (χ4n) is 2.15. The smallest absolute Gasteiger partial charge is 0.254 e. The third kappa shape index (κ3) is 2.83. The van der Waals surface area contributed by atoms with E-state index in [1.54, 1.807) is 18.8 Å². The van der Waals surface area contributed by atoms with Crippen LogP contribution >= 0.6 is 11.8 Å². The highest BCUT2D eigenvalue weighted by molar-refractivity contribution is 8.00. The maximum absolute atomic E-state index is 13.9. The molecule has 0 atom stereocenters. The zero-order valence-electron chi connectivity index (χ0n) is 11.1. The van der Waals surface area contributed by atoms with Crippen LogP contribution in [-0.2, 0) is 0 Å². The van der Waals surface area contributed by atoms with Gasteiger partial charge in [0.2, 0.25) is 0 Å². The predicted octanol–water partition coefficient (Wildman–Crippen LogP) is 2.28. The number of halogens is 1. The molecule has 1 saturated carbocycles. The summed E-state index contributed by atoms with van der Waals surface area (Å²) in [6.45, 7) is 0.587. The first-order valence-corrected chi connectivity index (χ1v) is 7.50. The van der Waals surface area contributed by atoms with Crippen molar-refractivity contribution in [2.75, 3.05) is 25.2 Å². The van der Waals surface area contributed by atoms with E-state index in [0.29, 0.717) is 6.54 Å². The van der Waals surface area contributed by atoms with Gasteiger partial charge in [-0.15, -0.1) is 0 Å². The molecule has 0 saturated heterocycles. The van der Waals surface area contributed by atoms with E-state index in [1.807, 2.05) is 0 Å². The lowest BCUT2D eigenvalue weighted by Gasteiger charge is -2.40. The number of carbonyl (C=O) groups excluding carboxylic acids is 1. The van der Waals surface area contributed by atoms with E-state index in [-0.39, 0.29) is 22.0 Å². The van der Waals surface area contributed by atoms with Crippen LogP contribution in [0.15, 0.2) is 12.3 Å². The number of amides is 1. The molecule has 104 valence electrons. The molecule has 2 rings (SSSR count). The van der Waals surface area contributed by atoms with E-state index in [9.17, 15) is 9.18 Å². The van der Waals surface area contributed by atoms with Crippen molar-refractivity contribution >= 4 is 23.5 Å². The first-order valence-electron chi connectivity index (χ1n) is 6.27. The van der Waals surface area contributed by atoms with Gasteiger partial charge in [-0.05, 0) is 25.2 Å². The van der Waals surface area contributed by atoms with Gasteiger partial charge >= 0.3 is 0 Å². The highest BCUT2D eigenvalue weighted by Crippen LogP contribution is 2.42. The molecule has 1 aliphatic rings. The highest BCUT2D eigenvalue weighted by atomic mass is 32.2. The molecule has 0 aromatic carbocycles. The summed E-state index contributed by atoms with van der Waals surface area (Å²) in [6, 6.07) is 1.40. The highest BCUT2D eigenvalue weighted by Gasteiger charge is 2.36. The zero-order valence-corrected chi connectivity index (χ0v) is 11.9. The van der Waals surface area contributed by atoms with E-state index in [2.05, 4.69) is 21.9 Å². The Kier molecular flexibility index (Phi) is 4.29. The van der Waals surface area contributed by atoms with Crippen molar-refractivity contribution in [3.8, 4) is 0 Å². The number of thioether (sulfide) groups is 1. The van der Waals surface area contributed by atoms with Gasteiger partial charge in [-0.25, -0.2) is 9.37 Å². The first kappa shape index (κ1) is 14.1. The third-order valence-electron chi connectivity index (χ3n) is 3.64. The topological polar surface area (TPSA) is 54.0 Å². The molecule has 0 aliphatic heterocycles. The Morgan fingerprint density at radius 1 is 1.58 bits per heavy atom. The Bertz CT molecular complexity index is 471. The SMILES string of the molecule is CNc1nccc(C(=O)NCC2(SC)CCC2)c1F. The van der Waals surface area contributed by atoms with Gasteiger partial charge in [-0.3, -0.25) is 4.79 Å². The van der Waals surface area contributed by atoms with Gasteiger partial charge in [-0.2, -0.15) is 11.8 Å². The van der Waals surface area contributed by atoms with Crippen LogP contribution in [0.2, 0.25) is 0 Å². The number of nitrogens with one attached hydrogen (secondary N) is 2. The van der Waals surface area contributed by atoms with Crippen LogP contribution in [0.25, 0.3) is 0 Å². The Labute approximate surface area is 116 Å². The number of pyridine rings is 1. The van der Waals surface area contributed by atoms with E-state index in [0.717, 1.165) is 12.8 Å². The normalized spacial score (nSPS) is 16.6. The van der Waals surface area contributed by atoms with Crippen LogP contribution < -0.4 is 10.6 Å². The molecule has 0 spiro atoms. The average molecular weight is 283 g/mol. The number of aromatic nitrogens is 1. The van der Waals surface area contributed by atoms with Gasteiger partial charge in [0, 0.05) is 24.5 Å². The Morgan fingerprint density at radius 2 is 2.32 bits per heavy atom.